The van der Waals surface area contributed by atoms with E-state index in [9.17, 15) is 9.59 Å². The summed E-state index contributed by atoms with van der Waals surface area (Å²) in [6, 6.07) is 18.8. The molecule has 3 amide bonds. The number of anilines is 2. The summed E-state index contributed by atoms with van der Waals surface area (Å²) in [5.41, 5.74) is 1.78. The minimum atomic E-state index is -0.290. The third-order valence-corrected chi connectivity index (χ3v) is 3.59. The molecule has 1 aliphatic rings. The van der Waals surface area contributed by atoms with Crippen LogP contribution in [-0.4, -0.2) is 41.6 Å². The van der Waals surface area contributed by atoms with Crippen molar-refractivity contribution in [1.82, 2.24) is 9.80 Å². The average Bonchev–Trinajstić information content (AvgIpc) is 2.87. The summed E-state index contributed by atoms with van der Waals surface area (Å²) in [5, 5.41) is 6.22. The van der Waals surface area contributed by atoms with E-state index >= 15 is 0 Å². The Morgan fingerprint density at radius 1 is 0.783 bits per heavy atom. The Bertz CT molecular complexity index is 676. The number of urea groups is 1. The second-order valence-electron chi connectivity index (χ2n) is 5.20. The van der Waals surface area contributed by atoms with Gasteiger partial charge < -0.3 is 10.6 Å². The van der Waals surface area contributed by atoms with Crippen LogP contribution in [0, 0.1) is 0 Å². The van der Waals surface area contributed by atoms with Crippen molar-refractivity contribution < 1.29 is 9.59 Å². The molecule has 2 aromatic carbocycles. The summed E-state index contributed by atoms with van der Waals surface area (Å²) in [4.78, 5) is 27.0. The average molecular weight is 310 g/mol. The minimum Gasteiger partial charge on any atom is -0.368 e. The lowest BCUT2D eigenvalue weighted by atomic mass is 10.3. The topological polar surface area (TPSA) is 64.7 Å². The number of hydrogen-bond acceptors (Lipinski definition) is 4. The summed E-state index contributed by atoms with van der Waals surface area (Å²) < 4.78 is 0. The number of benzene rings is 2. The molecule has 2 N–H and O–H groups in total. The maximum atomic E-state index is 12.3. The fourth-order valence-electron chi connectivity index (χ4n) is 2.34. The number of carbonyl (C=O) groups is 2. The molecular weight excluding hydrogens is 292 g/mol. The van der Waals surface area contributed by atoms with Gasteiger partial charge in [0.15, 0.2) is 0 Å². The molecule has 0 spiro atoms. The van der Waals surface area contributed by atoms with E-state index in [1.54, 1.807) is 0 Å². The summed E-state index contributed by atoms with van der Waals surface area (Å²) in [7, 11) is 0. The zero-order chi connectivity index (χ0) is 16.1. The fraction of sp³-hybridized carbons (Fsp3) is 0.176. The van der Waals surface area contributed by atoms with Gasteiger partial charge in [0.1, 0.15) is 6.54 Å². The van der Waals surface area contributed by atoms with Gasteiger partial charge in [-0.25, -0.2) is 9.69 Å². The molecule has 6 nitrogen and oxygen atoms in total. The molecule has 0 bridgehead atoms. The van der Waals surface area contributed by atoms with Gasteiger partial charge in [-0.1, -0.05) is 36.4 Å². The Hall–Kier alpha value is -3.02. The molecule has 1 fully saturated rings. The van der Waals surface area contributed by atoms with Crippen molar-refractivity contribution in [2.45, 2.75) is 0 Å². The maximum Gasteiger partial charge on any atom is 0.330 e. The first-order chi connectivity index (χ1) is 11.2. The maximum absolute atomic E-state index is 12.3. The molecule has 0 radical (unpaired) electrons. The monoisotopic (exact) mass is 310 g/mol. The second-order valence-corrected chi connectivity index (χ2v) is 5.20. The highest BCUT2D eigenvalue weighted by molar-refractivity contribution is 6.02. The molecule has 6 heteroatoms. The summed E-state index contributed by atoms with van der Waals surface area (Å²) >= 11 is 0. The van der Waals surface area contributed by atoms with Crippen LogP contribution in [0.1, 0.15) is 0 Å². The third-order valence-electron chi connectivity index (χ3n) is 3.59. The summed E-state index contributed by atoms with van der Waals surface area (Å²) in [6.45, 7) is 0.565. The molecule has 1 aliphatic heterocycles. The van der Waals surface area contributed by atoms with Gasteiger partial charge >= 0.3 is 6.03 Å². The molecule has 0 aromatic heterocycles. The van der Waals surface area contributed by atoms with Crippen LogP contribution in [0.4, 0.5) is 16.2 Å². The van der Waals surface area contributed by atoms with E-state index in [1.807, 2.05) is 60.7 Å². The first kappa shape index (κ1) is 14.9. The fourth-order valence-corrected chi connectivity index (χ4v) is 2.34. The molecule has 0 aliphatic carbocycles. The summed E-state index contributed by atoms with van der Waals surface area (Å²) in [6.07, 6.45) is 0. The third kappa shape index (κ3) is 3.60. The van der Waals surface area contributed by atoms with Gasteiger partial charge in [0.2, 0.25) is 0 Å². The number of imide groups is 1. The number of para-hydroxylation sites is 2. The van der Waals surface area contributed by atoms with Gasteiger partial charge in [0, 0.05) is 11.4 Å². The number of rotatable bonds is 6. The van der Waals surface area contributed by atoms with Crippen molar-refractivity contribution in [2.24, 2.45) is 0 Å². The van der Waals surface area contributed by atoms with Crippen LogP contribution < -0.4 is 10.6 Å². The Kier molecular flexibility index (Phi) is 4.42. The van der Waals surface area contributed by atoms with E-state index < -0.39 is 0 Å². The van der Waals surface area contributed by atoms with Crippen molar-refractivity contribution in [3.63, 3.8) is 0 Å². The molecule has 118 valence electrons. The molecule has 23 heavy (non-hydrogen) atoms. The van der Waals surface area contributed by atoms with Crippen molar-refractivity contribution >= 4 is 23.3 Å². The Morgan fingerprint density at radius 3 is 1.87 bits per heavy atom. The lowest BCUT2D eigenvalue weighted by molar-refractivity contribution is -0.125. The largest absolute Gasteiger partial charge is 0.368 e. The quantitative estimate of drug-likeness (QED) is 0.804. The van der Waals surface area contributed by atoms with Gasteiger partial charge in [-0.2, -0.15) is 0 Å². The lowest BCUT2D eigenvalue weighted by Crippen LogP contribution is -2.38. The zero-order valence-corrected chi connectivity index (χ0v) is 12.6. The Balaban J connectivity index is 1.54. The predicted molar refractivity (Wildman–Crippen MR) is 88.8 cm³/mol. The standard InChI is InChI=1S/C17H18N4O2/c22-16-11-20(12-18-14-7-3-1-4-8-14)17(23)21(16)13-19-15-9-5-2-6-10-15/h1-10,18-19H,11-13H2. The van der Waals surface area contributed by atoms with Gasteiger partial charge in [0.25, 0.3) is 5.91 Å². The van der Waals surface area contributed by atoms with Crippen LogP contribution >= 0.6 is 0 Å². The van der Waals surface area contributed by atoms with Gasteiger partial charge in [-0.15, -0.1) is 0 Å². The van der Waals surface area contributed by atoms with Crippen LogP contribution in [0.2, 0.25) is 0 Å². The number of carbonyl (C=O) groups excluding carboxylic acids is 2. The van der Waals surface area contributed by atoms with Gasteiger partial charge in [0.05, 0.1) is 13.3 Å². The highest BCUT2D eigenvalue weighted by Crippen LogP contribution is 2.13. The van der Waals surface area contributed by atoms with E-state index in [1.165, 1.54) is 9.80 Å². The second kappa shape index (κ2) is 6.83. The van der Waals surface area contributed by atoms with Crippen LogP contribution in [0.25, 0.3) is 0 Å². The molecule has 2 aromatic rings. The SMILES string of the molecule is O=C1CN(CNc2ccccc2)C(=O)N1CNc1ccccc1. The first-order valence-corrected chi connectivity index (χ1v) is 7.41. The lowest BCUT2D eigenvalue weighted by Gasteiger charge is -2.18. The molecule has 3 rings (SSSR count). The highest BCUT2D eigenvalue weighted by Gasteiger charge is 2.35. The highest BCUT2D eigenvalue weighted by atomic mass is 16.2. The number of hydrogen-bond donors (Lipinski definition) is 2. The van der Waals surface area contributed by atoms with Crippen molar-refractivity contribution in [1.29, 1.82) is 0 Å². The van der Waals surface area contributed by atoms with E-state index in [2.05, 4.69) is 10.6 Å². The molecule has 1 saturated heterocycles. The molecule has 1 heterocycles. The van der Waals surface area contributed by atoms with Crippen molar-refractivity contribution in [2.75, 3.05) is 30.5 Å². The van der Waals surface area contributed by atoms with Crippen molar-refractivity contribution in [3.05, 3.63) is 60.7 Å². The van der Waals surface area contributed by atoms with Crippen LogP contribution in [0.3, 0.4) is 0 Å². The van der Waals surface area contributed by atoms with Gasteiger partial charge in [-0.05, 0) is 24.3 Å². The number of nitrogens with zero attached hydrogens (tertiary/aromatic N) is 2. The Morgan fingerprint density at radius 2 is 1.30 bits per heavy atom. The van der Waals surface area contributed by atoms with Gasteiger partial charge in [-0.3, -0.25) is 9.69 Å². The van der Waals surface area contributed by atoms with E-state index in [0.29, 0.717) is 6.67 Å². The smallest absolute Gasteiger partial charge is 0.330 e. The Labute approximate surface area is 134 Å². The summed E-state index contributed by atoms with van der Waals surface area (Å²) in [5.74, 6) is -0.201. The van der Waals surface area contributed by atoms with E-state index in [4.69, 9.17) is 0 Å². The van der Waals surface area contributed by atoms with Crippen LogP contribution in [-0.2, 0) is 4.79 Å². The minimum absolute atomic E-state index is 0.0924. The zero-order valence-electron chi connectivity index (χ0n) is 12.6. The van der Waals surface area contributed by atoms with Crippen LogP contribution in [0.5, 0.6) is 0 Å². The molecule has 0 unspecified atom stereocenters. The van der Waals surface area contributed by atoms with Crippen molar-refractivity contribution in [3.8, 4) is 0 Å². The number of nitrogens with one attached hydrogen (secondary N) is 2. The first-order valence-electron chi connectivity index (χ1n) is 7.41. The van der Waals surface area contributed by atoms with E-state index in [-0.39, 0.29) is 25.2 Å². The van der Waals surface area contributed by atoms with Crippen LogP contribution in [0.15, 0.2) is 60.7 Å². The van der Waals surface area contributed by atoms with E-state index in [0.717, 1.165) is 11.4 Å². The molecular formula is C17H18N4O2. The predicted octanol–water partition coefficient (Wildman–Crippen LogP) is 2.39. The molecule has 0 saturated carbocycles. The number of amides is 3. The molecule has 0 atom stereocenters. The normalized spacial score (nSPS) is 14.3.